The minimum atomic E-state index is -0.351. The predicted molar refractivity (Wildman–Crippen MR) is 77.0 cm³/mol. The molecule has 0 unspecified atom stereocenters. The molecule has 0 radical (unpaired) electrons. The summed E-state index contributed by atoms with van der Waals surface area (Å²) in [7, 11) is 1.36. The van der Waals surface area contributed by atoms with E-state index in [1.54, 1.807) is 24.3 Å². The number of methoxy groups -OCH3 is 1. The van der Waals surface area contributed by atoms with Gasteiger partial charge in [0.25, 0.3) is 0 Å². The van der Waals surface area contributed by atoms with Crippen molar-refractivity contribution in [2.75, 3.05) is 7.11 Å². The fourth-order valence-electron chi connectivity index (χ4n) is 1.43. The number of benzene rings is 2. The van der Waals surface area contributed by atoms with Crippen molar-refractivity contribution in [1.82, 2.24) is 0 Å². The normalized spacial score (nSPS) is 9.89. The maximum atomic E-state index is 11.3. The van der Waals surface area contributed by atoms with Gasteiger partial charge < -0.3 is 9.47 Å². The van der Waals surface area contributed by atoms with E-state index in [2.05, 4.69) is 27.3 Å². The van der Waals surface area contributed by atoms with Crippen LogP contribution < -0.4 is 4.74 Å². The van der Waals surface area contributed by atoms with E-state index < -0.39 is 0 Å². The molecule has 2 aromatic carbocycles. The second-order valence-electron chi connectivity index (χ2n) is 3.55. The molecule has 0 saturated heterocycles. The molecule has 0 saturated carbocycles. The highest BCUT2D eigenvalue weighted by Gasteiger charge is 2.06. The molecule has 0 amide bonds. The van der Waals surface area contributed by atoms with Crippen molar-refractivity contribution < 1.29 is 14.3 Å². The van der Waals surface area contributed by atoms with Gasteiger partial charge in [-0.3, -0.25) is 0 Å². The van der Waals surface area contributed by atoms with Gasteiger partial charge in [-0.05, 0) is 59.0 Å². The van der Waals surface area contributed by atoms with E-state index >= 15 is 0 Å². The van der Waals surface area contributed by atoms with Crippen LogP contribution in [0.15, 0.2) is 48.5 Å². The first kappa shape index (κ1) is 12.9. The first-order valence-electron chi connectivity index (χ1n) is 5.31. The maximum absolute atomic E-state index is 11.3. The van der Waals surface area contributed by atoms with Gasteiger partial charge >= 0.3 is 5.97 Å². The van der Waals surface area contributed by atoms with Crippen molar-refractivity contribution in [3.63, 3.8) is 0 Å². The summed E-state index contributed by atoms with van der Waals surface area (Å²) in [5.41, 5.74) is 0.507. The van der Waals surface area contributed by atoms with Gasteiger partial charge in [-0.1, -0.05) is 12.1 Å². The van der Waals surface area contributed by atoms with E-state index in [0.717, 1.165) is 9.32 Å². The Kier molecular flexibility index (Phi) is 4.19. The van der Waals surface area contributed by atoms with Gasteiger partial charge in [0.1, 0.15) is 11.5 Å². The summed E-state index contributed by atoms with van der Waals surface area (Å²) in [5.74, 6) is 1.13. The molecule has 0 aliphatic heterocycles. The molecule has 0 atom stereocenters. The van der Waals surface area contributed by atoms with Crippen molar-refractivity contribution >= 4 is 28.6 Å². The summed E-state index contributed by atoms with van der Waals surface area (Å²) in [5, 5.41) is 0. The number of carbonyl (C=O) groups excluding carboxylic acids is 1. The lowest BCUT2D eigenvalue weighted by molar-refractivity contribution is 0.0600. The third-order valence-electron chi connectivity index (χ3n) is 2.34. The van der Waals surface area contributed by atoms with Gasteiger partial charge in [-0.25, -0.2) is 4.79 Å². The van der Waals surface area contributed by atoms with Crippen LogP contribution in [0.3, 0.4) is 0 Å². The molecule has 0 bridgehead atoms. The van der Waals surface area contributed by atoms with Crippen LogP contribution in [0.4, 0.5) is 0 Å². The first-order chi connectivity index (χ1) is 8.70. The molecule has 0 N–H and O–H groups in total. The minimum Gasteiger partial charge on any atom is -0.465 e. The molecule has 3 nitrogen and oxygen atoms in total. The standard InChI is InChI=1S/C14H11IO3/c1-17-14(16)10-6-8-11(9-7-10)18-13-5-3-2-4-12(13)15/h2-9H,1H3. The molecule has 92 valence electrons. The molecule has 2 rings (SSSR count). The van der Waals surface area contributed by atoms with Gasteiger partial charge in [0, 0.05) is 0 Å². The number of ether oxygens (including phenoxy) is 2. The second-order valence-corrected chi connectivity index (χ2v) is 4.71. The van der Waals surface area contributed by atoms with Crippen molar-refractivity contribution in [2.45, 2.75) is 0 Å². The lowest BCUT2D eigenvalue weighted by Gasteiger charge is -2.07. The van der Waals surface area contributed by atoms with Crippen LogP contribution in [0, 0.1) is 3.57 Å². The number of esters is 1. The van der Waals surface area contributed by atoms with Crippen LogP contribution in [0.5, 0.6) is 11.5 Å². The molecule has 18 heavy (non-hydrogen) atoms. The van der Waals surface area contributed by atoms with Gasteiger partial charge in [0.15, 0.2) is 0 Å². The summed E-state index contributed by atoms with van der Waals surface area (Å²) in [6.07, 6.45) is 0. The van der Waals surface area contributed by atoms with Crippen LogP contribution in [-0.4, -0.2) is 13.1 Å². The lowest BCUT2D eigenvalue weighted by Crippen LogP contribution is -2.00. The van der Waals surface area contributed by atoms with Crippen molar-refractivity contribution in [2.24, 2.45) is 0 Å². The van der Waals surface area contributed by atoms with E-state index in [0.29, 0.717) is 11.3 Å². The molecule has 0 aliphatic rings. The van der Waals surface area contributed by atoms with Crippen LogP contribution in [0.1, 0.15) is 10.4 Å². The molecular formula is C14H11IO3. The molecule has 0 fully saturated rings. The third-order valence-corrected chi connectivity index (χ3v) is 3.23. The highest BCUT2D eigenvalue weighted by atomic mass is 127. The minimum absolute atomic E-state index is 0.351. The van der Waals surface area contributed by atoms with Crippen molar-refractivity contribution in [3.8, 4) is 11.5 Å². The second kappa shape index (κ2) is 5.86. The molecule has 0 heterocycles. The summed E-state index contributed by atoms with van der Waals surface area (Å²) in [6.45, 7) is 0. The van der Waals surface area contributed by atoms with Gasteiger partial charge in [-0.2, -0.15) is 0 Å². The zero-order valence-corrected chi connectivity index (χ0v) is 11.9. The quantitative estimate of drug-likeness (QED) is 0.620. The lowest BCUT2D eigenvalue weighted by atomic mass is 10.2. The van der Waals surface area contributed by atoms with Crippen molar-refractivity contribution in [1.29, 1.82) is 0 Å². The van der Waals surface area contributed by atoms with E-state index in [-0.39, 0.29) is 5.97 Å². The predicted octanol–water partition coefficient (Wildman–Crippen LogP) is 3.87. The largest absolute Gasteiger partial charge is 0.465 e. The molecule has 2 aromatic rings. The number of halogens is 1. The Morgan fingerprint density at radius 2 is 1.72 bits per heavy atom. The van der Waals surface area contributed by atoms with E-state index in [1.807, 2.05) is 24.3 Å². The zero-order chi connectivity index (χ0) is 13.0. The number of hydrogen-bond acceptors (Lipinski definition) is 3. The Morgan fingerprint density at radius 1 is 1.06 bits per heavy atom. The highest BCUT2D eigenvalue weighted by Crippen LogP contribution is 2.26. The average Bonchev–Trinajstić information content (AvgIpc) is 2.41. The fourth-order valence-corrected chi connectivity index (χ4v) is 1.93. The summed E-state index contributed by atoms with van der Waals surface area (Å²) in [6, 6.07) is 14.6. The van der Waals surface area contributed by atoms with Gasteiger partial charge in [0.2, 0.25) is 0 Å². The van der Waals surface area contributed by atoms with Crippen LogP contribution in [0.2, 0.25) is 0 Å². The van der Waals surface area contributed by atoms with E-state index in [9.17, 15) is 4.79 Å². The maximum Gasteiger partial charge on any atom is 0.337 e. The average molecular weight is 354 g/mol. The molecule has 0 aromatic heterocycles. The van der Waals surface area contributed by atoms with E-state index in [4.69, 9.17) is 4.74 Å². The molecule has 0 aliphatic carbocycles. The number of para-hydroxylation sites is 1. The van der Waals surface area contributed by atoms with Crippen LogP contribution in [-0.2, 0) is 4.74 Å². The molecule has 0 spiro atoms. The molecular weight excluding hydrogens is 343 g/mol. The molecule has 4 heteroatoms. The number of carbonyl (C=O) groups is 1. The number of hydrogen-bond donors (Lipinski definition) is 0. The van der Waals surface area contributed by atoms with Gasteiger partial charge in [0.05, 0.1) is 16.2 Å². The van der Waals surface area contributed by atoms with Crippen molar-refractivity contribution in [3.05, 3.63) is 57.7 Å². The Morgan fingerprint density at radius 3 is 2.33 bits per heavy atom. The highest BCUT2D eigenvalue weighted by molar-refractivity contribution is 14.1. The third kappa shape index (κ3) is 3.01. The fraction of sp³-hybridized carbons (Fsp3) is 0.0714. The number of rotatable bonds is 3. The Labute approximate surface area is 119 Å². The monoisotopic (exact) mass is 354 g/mol. The first-order valence-corrected chi connectivity index (χ1v) is 6.39. The van der Waals surface area contributed by atoms with Crippen LogP contribution >= 0.6 is 22.6 Å². The van der Waals surface area contributed by atoms with Crippen LogP contribution in [0.25, 0.3) is 0 Å². The van der Waals surface area contributed by atoms with Gasteiger partial charge in [-0.15, -0.1) is 0 Å². The Bertz CT molecular complexity index is 549. The Balaban J connectivity index is 2.16. The summed E-state index contributed by atoms with van der Waals surface area (Å²) < 4.78 is 11.4. The SMILES string of the molecule is COC(=O)c1ccc(Oc2ccccc2I)cc1. The summed E-state index contributed by atoms with van der Waals surface area (Å²) in [4.78, 5) is 11.3. The topological polar surface area (TPSA) is 35.5 Å². The van der Waals surface area contributed by atoms with E-state index in [1.165, 1.54) is 7.11 Å². The smallest absolute Gasteiger partial charge is 0.337 e. The zero-order valence-electron chi connectivity index (χ0n) is 9.72. The summed E-state index contributed by atoms with van der Waals surface area (Å²) >= 11 is 2.21. The Hall–Kier alpha value is -1.56.